The maximum absolute atomic E-state index is 5.66. The molecule has 3 aromatic heterocycles. The van der Waals surface area contributed by atoms with Crippen molar-refractivity contribution in [2.75, 3.05) is 9.80 Å². The molecule has 602 valence electrons. The van der Waals surface area contributed by atoms with E-state index in [2.05, 4.69) is 455 Å². The summed E-state index contributed by atoms with van der Waals surface area (Å²) in [5.41, 5.74) is 36.2. The highest BCUT2D eigenvalue weighted by atomic mass is 15.2. The molecule has 5 nitrogen and oxygen atoms in total. The maximum atomic E-state index is 5.66. The van der Waals surface area contributed by atoms with Crippen molar-refractivity contribution < 1.29 is 0 Å². The average molecular weight is 1560 g/mol. The molecule has 2 aliphatic heterocycles. The van der Waals surface area contributed by atoms with E-state index in [1.807, 2.05) is 0 Å². The molecule has 2 aliphatic rings. The molecule has 0 N–H and O–H groups in total. The van der Waals surface area contributed by atoms with E-state index in [4.69, 9.17) is 4.98 Å². The summed E-state index contributed by atoms with van der Waals surface area (Å²) in [4.78, 5) is 11.2. The first-order valence-corrected chi connectivity index (χ1v) is 43.5. The first-order valence-electron chi connectivity index (χ1n) is 43.5. The molecule has 0 fully saturated rings. The van der Waals surface area contributed by atoms with Gasteiger partial charge in [0.25, 0.3) is 6.71 Å². The van der Waals surface area contributed by atoms with Gasteiger partial charge >= 0.3 is 0 Å². The van der Waals surface area contributed by atoms with E-state index in [-0.39, 0.29) is 55.4 Å². The fraction of sp³-hybridized carbons (Fsp3) is 0.319. The number of hydrogen-bond donors (Lipinski definition) is 0. The van der Waals surface area contributed by atoms with Crippen LogP contribution in [0.2, 0.25) is 0 Å². The van der Waals surface area contributed by atoms with Crippen molar-refractivity contribution in [3.05, 3.63) is 299 Å². The van der Waals surface area contributed by atoms with Crippen molar-refractivity contribution in [2.24, 2.45) is 0 Å². The van der Waals surface area contributed by atoms with Gasteiger partial charge in [0.05, 0.1) is 33.4 Å². The van der Waals surface area contributed by atoms with Crippen molar-refractivity contribution in [2.45, 2.75) is 236 Å². The van der Waals surface area contributed by atoms with Gasteiger partial charge in [0.2, 0.25) is 0 Å². The van der Waals surface area contributed by atoms with E-state index in [1.165, 1.54) is 110 Å². The lowest BCUT2D eigenvalue weighted by atomic mass is 9.33. The second-order valence-electron chi connectivity index (χ2n) is 43.9. The fourth-order valence-corrected chi connectivity index (χ4v) is 18.4. The maximum Gasteiger partial charge on any atom is 0.252 e. The van der Waals surface area contributed by atoms with Gasteiger partial charge in [0.1, 0.15) is 0 Å². The summed E-state index contributed by atoms with van der Waals surface area (Å²) in [6.07, 6.45) is 0. The lowest BCUT2D eigenvalue weighted by molar-refractivity contribution is 0.531. The molecule has 17 rings (SSSR count). The van der Waals surface area contributed by atoms with Crippen molar-refractivity contribution in [3.8, 4) is 55.9 Å². The molecule has 0 radical (unpaired) electrons. The summed E-state index contributed by atoms with van der Waals surface area (Å²) >= 11 is 0. The molecule has 5 heterocycles. The average Bonchev–Trinajstić information content (AvgIpc) is 1.39. The minimum absolute atomic E-state index is 0.0717. The standard InChI is InChI=1S/C113H122BN5/c1-105(2,3)73-43-51-92-86(57-73)87-58-74(106(4,5)6)44-52-93(87)116(92)80-47-49-90-96(67-80)118(103-82(69-37-31-28-32-38-69)61-77(109(13,14)15)62-83(103)70-39-33-29-34-40-70)98-65-79(111(19,20)21)66-99-102(98)114(90)91-50-48-81(117-94-53-45-75(107(7,8)9)59-88(94)89-60-76(108(10,11)12)46-54-95(89)117)68-97(91)119(99)104-84(71-41-35-30-36-42-71)63-78(110(16,17)18)64-85(104)72-55-100(112(22,23)24)115-101(56-72)113(25,26)27/h28-68H,1-27H3. The molecule has 0 unspecified atom stereocenters. The van der Waals surface area contributed by atoms with Gasteiger partial charge in [0.15, 0.2) is 0 Å². The minimum Gasteiger partial charge on any atom is -0.310 e. The predicted molar refractivity (Wildman–Crippen MR) is 517 cm³/mol. The van der Waals surface area contributed by atoms with E-state index in [0.717, 1.165) is 90.3 Å². The summed E-state index contributed by atoms with van der Waals surface area (Å²) < 4.78 is 5.17. The predicted octanol–water partition coefficient (Wildman–Crippen LogP) is 29.7. The number of nitrogens with zero attached hydrogens (tertiary/aromatic N) is 5. The highest BCUT2D eigenvalue weighted by Crippen LogP contribution is 2.57. The molecular weight excluding hydrogens is 1440 g/mol. The lowest BCUT2D eigenvalue weighted by Gasteiger charge is -2.47. The number of pyridine rings is 1. The Labute approximate surface area is 710 Å². The van der Waals surface area contributed by atoms with Gasteiger partial charge in [-0.15, -0.1) is 0 Å². The SMILES string of the molecule is CC(C)(C)c1cc(-c2ccccc2)c(N2c3cc(-n4c5ccc(C(C)(C)C)cc5c5cc(C(C)(C)C)ccc54)ccc3B3c4ccc(-n5c6ccc(C(C)(C)C)cc6c6cc(C(C)(C)C)ccc65)cc4N(c4c(-c5ccccc5)cc(C(C)(C)C)cc4-c4cc(C(C)(C)C)nc(C(C)(C)C)c4)c4cc(C(C)(C)C)cc2c43)c(-c2ccccc2)c1. The van der Waals surface area contributed by atoms with Crippen LogP contribution in [0.15, 0.2) is 249 Å². The molecule has 119 heavy (non-hydrogen) atoms. The normalized spacial score (nSPS) is 13.8. The Morgan fingerprint density at radius 1 is 0.227 bits per heavy atom. The Morgan fingerprint density at radius 2 is 0.496 bits per heavy atom. The van der Waals surface area contributed by atoms with Crippen LogP contribution in [0.1, 0.15) is 237 Å². The van der Waals surface area contributed by atoms with Gasteiger partial charge in [-0.2, -0.15) is 0 Å². The van der Waals surface area contributed by atoms with E-state index >= 15 is 0 Å². The van der Waals surface area contributed by atoms with Crippen molar-refractivity contribution >= 4 is 101 Å². The third-order valence-corrected chi connectivity index (χ3v) is 25.7. The Bertz CT molecular complexity index is 6340. The number of aromatic nitrogens is 3. The van der Waals surface area contributed by atoms with Gasteiger partial charge < -0.3 is 18.9 Å². The van der Waals surface area contributed by atoms with Crippen LogP contribution in [0.25, 0.3) is 99.5 Å². The fourth-order valence-electron chi connectivity index (χ4n) is 18.4. The van der Waals surface area contributed by atoms with Crippen LogP contribution >= 0.6 is 0 Å². The summed E-state index contributed by atoms with van der Waals surface area (Å²) in [6.45, 7) is 63.4. The van der Waals surface area contributed by atoms with Crippen molar-refractivity contribution in [3.63, 3.8) is 0 Å². The summed E-state index contributed by atoms with van der Waals surface area (Å²) in [6, 6.07) is 98.6. The largest absolute Gasteiger partial charge is 0.310 e. The Morgan fingerprint density at radius 3 is 0.765 bits per heavy atom. The van der Waals surface area contributed by atoms with Crippen LogP contribution in [0.4, 0.5) is 34.1 Å². The highest BCUT2D eigenvalue weighted by Gasteiger charge is 2.47. The van der Waals surface area contributed by atoms with Crippen molar-refractivity contribution in [1.29, 1.82) is 0 Å². The van der Waals surface area contributed by atoms with Gasteiger partial charge in [-0.05, 0) is 237 Å². The van der Waals surface area contributed by atoms with E-state index in [9.17, 15) is 0 Å². The zero-order valence-corrected chi connectivity index (χ0v) is 76.0. The number of fused-ring (bicyclic) bond motifs is 10. The molecule has 0 spiro atoms. The summed E-state index contributed by atoms with van der Waals surface area (Å²) in [7, 11) is 0. The lowest BCUT2D eigenvalue weighted by Crippen LogP contribution is -2.61. The monoisotopic (exact) mass is 1560 g/mol. The summed E-state index contributed by atoms with van der Waals surface area (Å²) in [5.74, 6) is 0. The van der Waals surface area contributed by atoms with Gasteiger partial charge in [0, 0.05) is 100 Å². The molecule has 6 heteroatoms. The van der Waals surface area contributed by atoms with Gasteiger partial charge in [-0.1, -0.05) is 314 Å². The molecule has 0 saturated heterocycles. The molecule has 12 aromatic carbocycles. The summed E-state index contributed by atoms with van der Waals surface area (Å²) in [5, 5.41) is 5.05. The molecular formula is C113H122BN5. The smallest absolute Gasteiger partial charge is 0.252 e. The number of benzene rings is 12. The minimum atomic E-state index is -0.375. The zero-order chi connectivity index (χ0) is 84.9. The molecule has 0 saturated carbocycles. The molecule has 0 aliphatic carbocycles. The molecule has 0 atom stereocenters. The third-order valence-electron chi connectivity index (χ3n) is 25.7. The molecule has 15 aromatic rings. The highest BCUT2D eigenvalue weighted by molar-refractivity contribution is 7.00. The van der Waals surface area contributed by atoms with E-state index < -0.39 is 0 Å². The van der Waals surface area contributed by atoms with E-state index in [0.29, 0.717) is 0 Å². The third kappa shape index (κ3) is 14.1. The van der Waals surface area contributed by atoms with Crippen LogP contribution in [-0.4, -0.2) is 20.8 Å². The second-order valence-corrected chi connectivity index (χ2v) is 43.9. The molecule has 0 amide bonds. The topological polar surface area (TPSA) is 29.2 Å². The number of rotatable bonds is 8. The Kier molecular flexibility index (Phi) is 18.8. The van der Waals surface area contributed by atoms with Crippen molar-refractivity contribution in [1.82, 2.24) is 14.1 Å². The van der Waals surface area contributed by atoms with Crippen LogP contribution in [-0.2, 0) is 48.7 Å². The Balaban J connectivity index is 1.09. The van der Waals surface area contributed by atoms with Gasteiger partial charge in [-0.3, -0.25) is 4.98 Å². The van der Waals surface area contributed by atoms with E-state index in [1.54, 1.807) is 0 Å². The zero-order valence-electron chi connectivity index (χ0n) is 76.0. The number of anilines is 6. The first-order chi connectivity index (χ1) is 55.7. The van der Waals surface area contributed by atoms with Crippen LogP contribution in [0, 0.1) is 0 Å². The Hall–Kier alpha value is -10.9. The number of hydrogen-bond acceptors (Lipinski definition) is 3. The first kappa shape index (κ1) is 80.5. The molecule has 0 bridgehead atoms. The second kappa shape index (κ2) is 27.8. The quantitative estimate of drug-likeness (QED) is 0.142. The van der Waals surface area contributed by atoms with Crippen LogP contribution in [0.5, 0.6) is 0 Å². The van der Waals surface area contributed by atoms with Crippen LogP contribution < -0.4 is 26.2 Å². The van der Waals surface area contributed by atoms with Gasteiger partial charge in [-0.25, -0.2) is 0 Å². The van der Waals surface area contributed by atoms with Crippen LogP contribution in [0.3, 0.4) is 0 Å².